The van der Waals surface area contributed by atoms with Gasteiger partial charge in [-0.1, -0.05) is 17.7 Å². The molecule has 0 bridgehead atoms. The number of piperazine rings is 1. The van der Waals surface area contributed by atoms with Crippen molar-refractivity contribution in [3.05, 3.63) is 28.8 Å². The molecule has 0 radical (unpaired) electrons. The first-order chi connectivity index (χ1) is 11.1. The summed E-state index contributed by atoms with van der Waals surface area (Å²) in [5.74, 6) is 0. The van der Waals surface area contributed by atoms with Crippen molar-refractivity contribution in [2.24, 2.45) is 0 Å². The summed E-state index contributed by atoms with van der Waals surface area (Å²) in [6.07, 6.45) is -0.829. The number of hydrogen-bond donors (Lipinski definition) is 1. The predicted octanol–water partition coefficient (Wildman–Crippen LogP) is 1.97. The highest BCUT2D eigenvalue weighted by Gasteiger charge is 2.22. The van der Waals surface area contributed by atoms with Crippen LogP contribution in [0.3, 0.4) is 0 Å². The van der Waals surface area contributed by atoms with Gasteiger partial charge in [0.2, 0.25) is 0 Å². The van der Waals surface area contributed by atoms with E-state index >= 15 is 0 Å². The van der Waals surface area contributed by atoms with Crippen molar-refractivity contribution in [1.82, 2.24) is 9.80 Å². The third-order valence-corrected chi connectivity index (χ3v) is 4.67. The van der Waals surface area contributed by atoms with Gasteiger partial charge in [0.05, 0.1) is 13.2 Å². The van der Waals surface area contributed by atoms with E-state index in [0.29, 0.717) is 13.1 Å². The van der Waals surface area contributed by atoms with E-state index in [2.05, 4.69) is 15.9 Å². The van der Waals surface area contributed by atoms with Gasteiger partial charge in [0.15, 0.2) is 0 Å². The summed E-state index contributed by atoms with van der Waals surface area (Å²) >= 11 is 6.19. The molecule has 0 spiro atoms. The third-order valence-electron chi connectivity index (χ3n) is 4.44. The van der Waals surface area contributed by atoms with Gasteiger partial charge >= 0.3 is 6.09 Å². The van der Waals surface area contributed by atoms with Crippen LogP contribution in [0.4, 0.5) is 10.5 Å². The fraction of sp³-hybridized carbons (Fsp3) is 0.562. The maximum atomic E-state index is 11.0. The number of halogens is 1. The Morgan fingerprint density at radius 3 is 2.48 bits per heavy atom. The summed E-state index contributed by atoms with van der Waals surface area (Å²) in [4.78, 5) is 17.1. The van der Waals surface area contributed by atoms with Gasteiger partial charge in [-0.05, 0) is 17.7 Å². The Kier molecular flexibility index (Phi) is 5.25. The van der Waals surface area contributed by atoms with E-state index in [1.54, 1.807) is 0 Å². The number of nitrogens with zero attached hydrogens (tertiary/aromatic N) is 3. The number of carboxylic acid groups (broad SMARTS) is 1. The molecule has 1 aromatic rings. The molecule has 2 aliphatic heterocycles. The molecule has 1 N–H and O–H groups in total. The normalized spacial score (nSPS) is 19.9. The molecular formula is C16H22ClN3O3. The Bertz CT molecular complexity index is 556. The number of anilines is 1. The van der Waals surface area contributed by atoms with Crippen LogP contribution < -0.4 is 4.90 Å². The highest BCUT2D eigenvalue weighted by molar-refractivity contribution is 6.30. The van der Waals surface area contributed by atoms with Gasteiger partial charge < -0.3 is 19.6 Å². The minimum atomic E-state index is -0.829. The lowest BCUT2D eigenvalue weighted by molar-refractivity contribution is 0.103. The van der Waals surface area contributed by atoms with E-state index in [1.807, 2.05) is 12.1 Å². The molecule has 2 saturated heterocycles. The maximum Gasteiger partial charge on any atom is 0.407 e. The van der Waals surface area contributed by atoms with Crippen LogP contribution in [0.5, 0.6) is 0 Å². The van der Waals surface area contributed by atoms with Crippen LogP contribution in [-0.2, 0) is 11.3 Å². The summed E-state index contributed by atoms with van der Waals surface area (Å²) in [6.45, 7) is 6.70. The van der Waals surface area contributed by atoms with E-state index in [-0.39, 0.29) is 0 Å². The van der Waals surface area contributed by atoms with E-state index in [9.17, 15) is 4.79 Å². The Morgan fingerprint density at radius 1 is 1.13 bits per heavy atom. The number of carbonyl (C=O) groups is 1. The van der Waals surface area contributed by atoms with Crippen LogP contribution in [0.2, 0.25) is 5.02 Å². The second kappa shape index (κ2) is 7.38. The summed E-state index contributed by atoms with van der Waals surface area (Å²) in [5.41, 5.74) is 2.40. The third kappa shape index (κ3) is 4.07. The molecule has 23 heavy (non-hydrogen) atoms. The largest absolute Gasteiger partial charge is 0.465 e. The monoisotopic (exact) mass is 339 g/mol. The molecule has 2 fully saturated rings. The first-order valence-corrected chi connectivity index (χ1v) is 8.32. The van der Waals surface area contributed by atoms with Crippen LogP contribution in [0.25, 0.3) is 0 Å². The Hall–Kier alpha value is -1.50. The number of ether oxygens (including phenoxy) is 1. The number of amides is 1. The number of rotatable bonds is 3. The van der Waals surface area contributed by atoms with Crippen LogP contribution in [0.15, 0.2) is 18.2 Å². The average Bonchev–Trinajstić information content (AvgIpc) is 2.58. The molecule has 1 amide bonds. The van der Waals surface area contributed by atoms with Gasteiger partial charge in [0.1, 0.15) is 0 Å². The second-order valence-electron chi connectivity index (χ2n) is 5.92. The van der Waals surface area contributed by atoms with Gasteiger partial charge in [-0.25, -0.2) is 4.79 Å². The van der Waals surface area contributed by atoms with Gasteiger partial charge in [-0.2, -0.15) is 0 Å². The Balaban J connectivity index is 1.69. The quantitative estimate of drug-likeness (QED) is 0.912. The minimum Gasteiger partial charge on any atom is -0.465 e. The molecule has 0 aliphatic carbocycles. The molecule has 2 heterocycles. The molecule has 0 unspecified atom stereocenters. The number of hydrogen-bond acceptors (Lipinski definition) is 4. The SMILES string of the molecule is O=C(O)N1CCN(Cc2ccc(Cl)cc2N2CCOCC2)CC1. The standard InChI is InChI=1S/C16H22ClN3O3/c17-14-2-1-13(15(11-14)19-7-9-23-10-8-19)12-18-3-5-20(6-4-18)16(21)22/h1-2,11H,3-10,12H2,(H,21,22). The molecule has 0 atom stereocenters. The molecule has 126 valence electrons. The van der Waals surface area contributed by atoms with Gasteiger partial charge in [-0.3, -0.25) is 4.90 Å². The van der Waals surface area contributed by atoms with Gasteiger partial charge in [-0.15, -0.1) is 0 Å². The van der Waals surface area contributed by atoms with Crippen LogP contribution in [0, 0.1) is 0 Å². The van der Waals surface area contributed by atoms with E-state index < -0.39 is 6.09 Å². The Morgan fingerprint density at radius 2 is 1.83 bits per heavy atom. The zero-order valence-corrected chi connectivity index (χ0v) is 13.8. The fourth-order valence-corrected chi connectivity index (χ4v) is 3.27. The highest BCUT2D eigenvalue weighted by Crippen LogP contribution is 2.27. The second-order valence-corrected chi connectivity index (χ2v) is 6.35. The van der Waals surface area contributed by atoms with E-state index in [1.165, 1.54) is 16.2 Å². The Labute approximate surface area is 141 Å². The molecule has 0 saturated carbocycles. The summed E-state index contributed by atoms with van der Waals surface area (Å²) < 4.78 is 5.43. The van der Waals surface area contributed by atoms with Crippen molar-refractivity contribution >= 4 is 23.4 Å². The smallest absolute Gasteiger partial charge is 0.407 e. The van der Waals surface area contributed by atoms with E-state index in [0.717, 1.165) is 51.0 Å². The lowest BCUT2D eigenvalue weighted by Crippen LogP contribution is -2.48. The number of morpholine rings is 1. The minimum absolute atomic E-state index is 0.565. The lowest BCUT2D eigenvalue weighted by Gasteiger charge is -2.35. The summed E-state index contributed by atoms with van der Waals surface area (Å²) in [6, 6.07) is 6.03. The van der Waals surface area contributed by atoms with Crippen molar-refractivity contribution in [1.29, 1.82) is 0 Å². The van der Waals surface area contributed by atoms with Crippen molar-refractivity contribution in [3.63, 3.8) is 0 Å². The highest BCUT2D eigenvalue weighted by atomic mass is 35.5. The van der Waals surface area contributed by atoms with Crippen molar-refractivity contribution in [2.75, 3.05) is 57.4 Å². The summed E-state index contributed by atoms with van der Waals surface area (Å²) in [7, 11) is 0. The number of benzene rings is 1. The molecule has 1 aromatic carbocycles. The molecule has 2 aliphatic rings. The van der Waals surface area contributed by atoms with Gasteiger partial charge in [0.25, 0.3) is 0 Å². The van der Waals surface area contributed by atoms with E-state index in [4.69, 9.17) is 21.4 Å². The fourth-order valence-electron chi connectivity index (χ4n) is 3.11. The topological polar surface area (TPSA) is 56.2 Å². The van der Waals surface area contributed by atoms with Crippen molar-refractivity contribution < 1.29 is 14.6 Å². The van der Waals surface area contributed by atoms with Crippen LogP contribution in [-0.4, -0.2) is 73.5 Å². The maximum absolute atomic E-state index is 11.0. The zero-order chi connectivity index (χ0) is 16.2. The molecular weight excluding hydrogens is 318 g/mol. The first-order valence-electron chi connectivity index (χ1n) is 7.95. The molecule has 6 nitrogen and oxygen atoms in total. The first kappa shape index (κ1) is 16.4. The van der Waals surface area contributed by atoms with Crippen LogP contribution >= 0.6 is 11.6 Å². The molecule has 7 heteroatoms. The average molecular weight is 340 g/mol. The molecule has 0 aromatic heterocycles. The molecule has 3 rings (SSSR count). The van der Waals surface area contributed by atoms with Crippen molar-refractivity contribution in [2.45, 2.75) is 6.54 Å². The summed E-state index contributed by atoms with van der Waals surface area (Å²) in [5, 5.41) is 9.77. The van der Waals surface area contributed by atoms with Gasteiger partial charge in [0, 0.05) is 56.5 Å². The predicted molar refractivity (Wildman–Crippen MR) is 89.4 cm³/mol. The van der Waals surface area contributed by atoms with Crippen molar-refractivity contribution in [3.8, 4) is 0 Å². The van der Waals surface area contributed by atoms with Crippen LogP contribution in [0.1, 0.15) is 5.56 Å². The lowest BCUT2D eigenvalue weighted by atomic mass is 10.1. The zero-order valence-electron chi connectivity index (χ0n) is 13.1.